The first-order chi connectivity index (χ1) is 14.8. The zero-order chi connectivity index (χ0) is 20.5. The molecule has 2 aliphatic rings. The standard InChI is InChI=1S/C26H26N4/c27-6-4-19-11-25(19)23-9-21(13-29-15-23)17-2-1-3-18(8-17)22-10-24(16-30-14-22)26-12-20(26)5-7-28/h1-3,8-10,13-16H,4-7,11-12,27-28H2. The van der Waals surface area contributed by atoms with Crippen LogP contribution in [0.15, 0.2) is 72.3 Å². The SMILES string of the molecule is NCCC1=C(c2cncc(-c3cccc(-c4cncc(C5=C(CCN)C5)c4)c3)c2)C1. The first-order valence-electron chi connectivity index (χ1n) is 10.6. The quantitative estimate of drug-likeness (QED) is 0.574. The van der Waals surface area contributed by atoms with Gasteiger partial charge in [-0.2, -0.15) is 0 Å². The summed E-state index contributed by atoms with van der Waals surface area (Å²) in [4.78, 5) is 8.99. The van der Waals surface area contributed by atoms with Crippen LogP contribution in [0.25, 0.3) is 33.4 Å². The van der Waals surface area contributed by atoms with Crippen LogP contribution in [0.3, 0.4) is 0 Å². The molecular formula is C26H26N4. The lowest BCUT2D eigenvalue weighted by atomic mass is 9.99. The summed E-state index contributed by atoms with van der Waals surface area (Å²) in [6.45, 7) is 1.43. The average Bonchev–Trinajstić information content (AvgIpc) is 3.71. The molecule has 2 aliphatic carbocycles. The Morgan fingerprint density at radius 1 is 0.600 bits per heavy atom. The van der Waals surface area contributed by atoms with E-state index in [1.54, 1.807) is 0 Å². The smallest absolute Gasteiger partial charge is 0.0346 e. The van der Waals surface area contributed by atoms with Crippen molar-refractivity contribution >= 4 is 11.1 Å². The van der Waals surface area contributed by atoms with E-state index in [2.05, 4.69) is 46.4 Å². The van der Waals surface area contributed by atoms with E-state index >= 15 is 0 Å². The zero-order valence-electron chi connectivity index (χ0n) is 17.1. The number of benzene rings is 1. The van der Waals surface area contributed by atoms with Gasteiger partial charge in [-0.05, 0) is 90.4 Å². The summed E-state index contributed by atoms with van der Waals surface area (Å²) in [5.74, 6) is 0. The molecule has 0 unspecified atom stereocenters. The van der Waals surface area contributed by atoms with Crippen LogP contribution in [0.1, 0.15) is 36.8 Å². The van der Waals surface area contributed by atoms with Crippen molar-refractivity contribution in [3.8, 4) is 22.3 Å². The number of allylic oxidation sites excluding steroid dienone is 2. The Bertz CT molecular complexity index is 1080. The van der Waals surface area contributed by atoms with Crippen molar-refractivity contribution in [2.45, 2.75) is 25.7 Å². The first-order valence-corrected chi connectivity index (χ1v) is 10.6. The van der Waals surface area contributed by atoms with Gasteiger partial charge in [0, 0.05) is 35.9 Å². The van der Waals surface area contributed by atoms with Crippen LogP contribution in [0.5, 0.6) is 0 Å². The highest BCUT2D eigenvalue weighted by Crippen LogP contribution is 2.43. The molecule has 2 heterocycles. The Labute approximate surface area is 177 Å². The molecule has 0 saturated heterocycles. The zero-order valence-corrected chi connectivity index (χ0v) is 17.1. The molecule has 0 saturated carbocycles. The number of pyridine rings is 2. The molecule has 2 aromatic heterocycles. The maximum absolute atomic E-state index is 5.70. The van der Waals surface area contributed by atoms with Crippen molar-refractivity contribution in [1.82, 2.24) is 9.97 Å². The minimum Gasteiger partial charge on any atom is -0.330 e. The molecule has 0 bridgehead atoms. The molecule has 30 heavy (non-hydrogen) atoms. The predicted octanol–water partition coefficient (Wildman–Crippen LogP) is 4.82. The van der Waals surface area contributed by atoms with Crippen LogP contribution in [0.2, 0.25) is 0 Å². The second-order valence-corrected chi connectivity index (χ2v) is 8.10. The van der Waals surface area contributed by atoms with E-state index in [0.29, 0.717) is 13.1 Å². The minimum atomic E-state index is 0.714. The Morgan fingerprint density at radius 3 is 1.50 bits per heavy atom. The van der Waals surface area contributed by atoms with Crippen LogP contribution in [0, 0.1) is 0 Å². The van der Waals surface area contributed by atoms with E-state index in [1.165, 1.54) is 44.5 Å². The van der Waals surface area contributed by atoms with E-state index in [0.717, 1.165) is 36.8 Å². The predicted molar refractivity (Wildman–Crippen MR) is 123 cm³/mol. The number of hydrogen-bond acceptors (Lipinski definition) is 4. The second-order valence-electron chi connectivity index (χ2n) is 8.10. The largest absolute Gasteiger partial charge is 0.330 e. The molecule has 1 aromatic carbocycles. The molecule has 0 aliphatic heterocycles. The van der Waals surface area contributed by atoms with Crippen molar-refractivity contribution in [1.29, 1.82) is 0 Å². The maximum Gasteiger partial charge on any atom is 0.0346 e. The molecule has 4 heteroatoms. The minimum absolute atomic E-state index is 0.714. The van der Waals surface area contributed by atoms with Crippen LogP contribution >= 0.6 is 0 Å². The molecule has 0 atom stereocenters. The van der Waals surface area contributed by atoms with Crippen molar-refractivity contribution in [2.24, 2.45) is 11.5 Å². The van der Waals surface area contributed by atoms with Gasteiger partial charge in [0.05, 0.1) is 0 Å². The average molecular weight is 395 g/mol. The Morgan fingerprint density at radius 2 is 1.03 bits per heavy atom. The molecule has 0 fully saturated rings. The fourth-order valence-corrected chi connectivity index (χ4v) is 4.18. The molecule has 4 N–H and O–H groups in total. The normalized spacial score (nSPS) is 15.0. The highest BCUT2D eigenvalue weighted by atomic mass is 14.6. The van der Waals surface area contributed by atoms with Gasteiger partial charge in [-0.1, -0.05) is 29.3 Å². The lowest BCUT2D eigenvalue weighted by Crippen LogP contribution is -1.95. The maximum atomic E-state index is 5.70. The summed E-state index contributed by atoms with van der Waals surface area (Å²) in [5, 5.41) is 0. The third-order valence-corrected chi connectivity index (χ3v) is 5.98. The van der Waals surface area contributed by atoms with E-state index < -0.39 is 0 Å². The van der Waals surface area contributed by atoms with Crippen molar-refractivity contribution in [3.05, 3.63) is 83.5 Å². The van der Waals surface area contributed by atoms with Gasteiger partial charge in [0.1, 0.15) is 0 Å². The van der Waals surface area contributed by atoms with Crippen LogP contribution < -0.4 is 11.5 Å². The van der Waals surface area contributed by atoms with Gasteiger partial charge in [-0.3, -0.25) is 9.97 Å². The van der Waals surface area contributed by atoms with Crippen molar-refractivity contribution in [2.75, 3.05) is 13.1 Å². The van der Waals surface area contributed by atoms with E-state index in [9.17, 15) is 0 Å². The third-order valence-electron chi connectivity index (χ3n) is 5.98. The lowest BCUT2D eigenvalue weighted by Gasteiger charge is -2.07. The second kappa shape index (κ2) is 7.98. The lowest BCUT2D eigenvalue weighted by molar-refractivity contribution is 0.975. The van der Waals surface area contributed by atoms with Crippen molar-refractivity contribution < 1.29 is 0 Å². The number of hydrogen-bond donors (Lipinski definition) is 2. The summed E-state index contributed by atoms with van der Waals surface area (Å²) in [7, 11) is 0. The van der Waals surface area contributed by atoms with E-state index in [1.807, 2.05) is 24.8 Å². The molecule has 5 rings (SSSR count). The highest BCUT2D eigenvalue weighted by molar-refractivity contribution is 5.86. The van der Waals surface area contributed by atoms with Gasteiger partial charge in [-0.15, -0.1) is 0 Å². The fraction of sp³-hybridized carbons (Fsp3) is 0.231. The summed E-state index contributed by atoms with van der Waals surface area (Å²) in [5.41, 5.74) is 24.2. The molecule has 150 valence electrons. The molecule has 0 radical (unpaired) electrons. The van der Waals surface area contributed by atoms with Gasteiger partial charge in [-0.25, -0.2) is 0 Å². The van der Waals surface area contributed by atoms with Gasteiger partial charge >= 0.3 is 0 Å². The molecule has 0 spiro atoms. The molecular weight excluding hydrogens is 368 g/mol. The van der Waals surface area contributed by atoms with Gasteiger partial charge < -0.3 is 11.5 Å². The molecule has 4 nitrogen and oxygen atoms in total. The summed E-state index contributed by atoms with van der Waals surface area (Å²) in [6, 6.07) is 13.1. The summed E-state index contributed by atoms with van der Waals surface area (Å²) < 4.78 is 0. The highest BCUT2D eigenvalue weighted by Gasteiger charge is 2.23. The monoisotopic (exact) mass is 394 g/mol. The molecule has 3 aromatic rings. The number of nitrogens with two attached hydrogens (primary N) is 2. The number of rotatable bonds is 8. The van der Waals surface area contributed by atoms with E-state index in [-0.39, 0.29) is 0 Å². The first kappa shape index (κ1) is 18.9. The van der Waals surface area contributed by atoms with E-state index in [4.69, 9.17) is 11.5 Å². The number of nitrogens with zero attached hydrogens (tertiary/aromatic N) is 2. The van der Waals surface area contributed by atoms with Gasteiger partial charge in [0.25, 0.3) is 0 Å². The summed E-state index contributed by atoms with van der Waals surface area (Å²) >= 11 is 0. The Hall–Kier alpha value is -3.08. The van der Waals surface area contributed by atoms with Gasteiger partial charge in [0.2, 0.25) is 0 Å². The third kappa shape index (κ3) is 3.84. The fourth-order valence-electron chi connectivity index (χ4n) is 4.18. The van der Waals surface area contributed by atoms with Crippen LogP contribution in [-0.2, 0) is 0 Å². The van der Waals surface area contributed by atoms with Crippen LogP contribution in [-0.4, -0.2) is 23.1 Å². The molecule has 0 amide bonds. The topological polar surface area (TPSA) is 77.8 Å². The summed E-state index contributed by atoms with van der Waals surface area (Å²) in [6.07, 6.45) is 11.9. The Kier molecular flexibility index (Phi) is 5.03. The van der Waals surface area contributed by atoms with Crippen molar-refractivity contribution in [3.63, 3.8) is 0 Å². The van der Waals surface area contributed by atoms with Gasteiger partial charge in [0.15, 0.2) is 0 Å². The van der Waals surface area contributed by atoms with Crippen LogP contribution in [0.4, 0.5) is 0 Å². The number of aromatic nitrogens is 2. The Balaban J connectivity index is 1.44.